The second-order valence-corrected chi connectivity index (χ2v) is 11.4. The van der Waals surface area contributed by atoms with Crippen molar-refractivity contribution in [2.45, 2.75) is 91.3 Å². The number of Topliss-reactive ketones (excluding diaryl/α,β-unsaturated/α-hetero) is 1. The zero-order chi connectivity index (χ0) is 22.0. The summed E-state index contributed by atoms with van der Waals surface area (Å²) in [5.41, 5.74) is 3.39. The van der Waals surface area contributed by atoms with E-state index in [1.807, 2.05) is 0 Å². The van der Waals surface area contributed by atoms with Gasteiger partial charge in [-0.15, -0.1) is 0 Å². The predicted molar refractivity (Wildman–Crippen MR) is 120 cm³/mol. The van der Waals surface area contributed by atoms with Crippen molar-refractivity contribution < 1.29 is 14.3 Å². The van der Waals surface area contributed by atoms with E-state index in [2.05, 4.69) is 36.8 Å². The van der Waals surface area contributed by atoms with Crippen LogP contribution in [0.2, 0.25) is 0 Å². The smallest absolute Gasteiger partial charge is 0.302 e. The molecule has 0 spiro atoms. The van der Waals surface area contributed by atoms with E-state index in [9.17, 15) is 9.59 Å². The number of allylic oxidation sites excluding steroid dienone is 2. The van der Waals surface area contributed by atoms with Crippen molar-refractivity contribution in [1.82, 2.24) is 10.6 Å². The summed E-state index contributed by atoms with van der Waals surface area (Å²) in [6.45, 7) is 8.19. The Morgan fingerprint density at radius 2 is 1.87 bits per heavy atom. The highest BCUT2D eigenvalue weighted by Gasteiger charge is 2.59. The van der Waals surface area contributed by atoms with Crippen LogP contribution in [0.1, 0.15) is 79.1 Å². The monoisotopic (exact) mass is 426 g/mol. The largest absolute Gasteiger partial charge is 0.462 e. The Bertz CT molecular complexity index is 848. The molecule has 2 N–H and O–H groups in total. The topological polar surface area (TPSA) is 67.4 Å². The van der Waals surface area contributed by atoms with E-state index >= 15 is 0 Å². The summed E-state index contributed by atoms with van der Waals surface area (Å²) < 4.78 is 5.58. The van der Waals surface area contributed by atoms with Crippen LogP contribution in [0.4, 0.5) is 0 Å². The van der Waals surface area contributed by atoms with Gasteiger partial charge in [0.05, 0.1) is 0 Å². The normalized spacial score (nSPS) is 45.8. The number of carbonyl (C=O) groups is 2. The second kappa shape index (κ2) is 7.38. The molecule has 5 aliphatic rings. The number of nitrogens with one attached hydrogen (secondary N) is 2. The summed E-state index contributed by atoms with van der Waals surface area (Å²) in [6.07, 6.45) is 13.7. The highest BCUT2D eigenvalue weighted by Crippen LogP contribution is 2.67. The minimum absolute atomic E-state index is 0.0696. The summed E-state index contributed by atoms with van der Waals surface area (Å²) >= 11 is 0. The minimum Gasteiger partial charge on any atom is -0.462 e. The summed E-state index contributed by atoms with van der Waals surface area (Å²) in [6, 6.07) is 0. The number of fused-ring (bicyclic) bond motifs is 5. The van der Waals surface area contributed by atoms with Gasteiger partial charge in [0.15, 0.2) is 11.9 Å². The van der Waals surface area contributed by atoms with E-state index in [1.165, 1.54) is 44.7 Å². The predicted octanol–water partition coefficient (Wildman–Crippen LogP) is 4.45. The van der Waals surface area contributed by atoms with E-state index in [-0.39, 0.29) is 29.4 Å². The van der Waals surface area contributed by atoms with E-state index < -0.39 is 0 Å². The van der Waals surface area contributed by atoms with E-state index in [4.69, 9.17) is 4.74 Å². The molecule has 0 aromatic rings. The maximum atomic E-state index is 11.8. The maximum absolute atomic E-state index is 11.8. The number of ether oxygens (including phenoxy) is 1. The van der Waals surface area contributed by atoms with Gasteiger partial charge < -0.3 is 15.4 Å². The molecule has 5 rings (SSSR count). The molecule has 3 saturated carbocycles. The van der Waals surface area contributed by atoms with Crippen molar-refractivity contribution in [3.63, 3.8) is 0 Å². The molecule has 0 aromatic heterocycles. The average Bonchev–Trinajstić information content (AvgIpc) is 3.32. The number of rotatable bonds is 3. The summed E-state index contributed by atoms with van der Waals surface area (Å²) in [5, 5.41) is 6.73. The molecule has 1 aliphatic heterocycles. The molecule has 31 heavy (non-hydrogen) atoms. The highest BCUT2D eigenvalue weighted by molar-refractivity contribution is 5.81. The molecule has 3 fully saturated rings. The number of carbonyl (C=O) groups excluding carboxylic acids is 2. The molecular weight excluding hydrogens is 388 g/mol. The van der Waals surface area contributed by atoms with Crippen LogP contribution < -0.4 is 10.6 Å². The summed E-state index contributed by atoms with van der Waals surface area (Å²) in [7, 11) is 0. The Hall–Kier alpha value is -1.78. The number of ketones is 1. The standard InChI is InChI=1S/C26H38N2O3/c1-15(29)24-27-14-23(28-24)22-8-7-20-19-6-5-17-13-18(31-16(2)30)9-11-25(17,3)21(19)10-12-26(20,22)4/h5,14,18-22,24,27-28H,6-13H2,1-4H3/t18-,19-,20-,21-,22+,24?,25-,26-/m0/s1. The van der Waals surface area contributed by atoms with Crippen LogP contribution in [0.15, 0.2) is 23.5 Å². The Kier molecular flexibility index (Phi) is 5.02. The molecule has 4 aliphatic carbocycles. The van der Waals surface area contributed by atoms with Crippen molar-refractivity contribution in [2.75, 3.05) is 0 Å². The molecule has 5 nitrogen and oxygen atoms in total. The van der Waals surface area contributed by atoms with Gasteiger partial charge >= 0.3 is 5.97 Å². The van der Waals surface area contributed by atoms with Crippen LogP contribution in [-0.2, 0) is 14.3 Å². The first kappa shape index (κ1) is 21.1. The minimum atomic E-state index is -0.250. The lowest BCUT2D eigenvalue weighted by Crippen LogP contribution is -2.51. The Balaban J connectivity index is 1.35. The molecule has 5 heteroatoms. The first-order valence-electron chi connectivity index (χ1n) is 12.3. The third kappa shape index (κ3) is 3.25. The highest BCUT2D eigenvalue weighted by atomic mass is 16.5. The Morgan fingerprint density at radius 3 is 2.58 bits per heavy atom. The number of hydrogen-bond donors (Lipinski definition) is 2. The van der Waals surface area contributed by atoms with Crippen LogP contribution in [0.3, 0.4) is 0 Å². The molecule has 170 valence electrons. The van der Waals surface area contributed by atoms with Crippen molar-refractivity contribution >= 4 is 11.8 Å². The molecule has 0 radical (unpaired) electrons. The third-order valence-corrected chi connectivity index (χ3v) is 9.89. The van der Waals surface area contributed by atoms with E-state index in [0.717, 1.165) is 37.0 Å². The van der Waals surface area contributed by atoms with Crippen molar-refractivity contribution in [1.29, 1.82) is 0 Å². The van der Waals surface area contributed by atoms with Crippen molar-refractivity contribution in [3.05, 3.63) is 23.5 Å². The van der Waals surface area contributed by atoms with Crippen LogP contribution in [0.25, 0.3) is 0 Å². The Labute approximate surface area is 186 Å². The zero-order valence-corrected chi connectivity index (χ0v) is 19.5. The van der Waals surface area contributed by atoms with Crippen LogP contribution >= 0.6 is 0 Å². The summed E-state index contributed by atoms with van der Waals surface area (Å²) in [5.74, 6) is 2.77. The molecule has 1 unspecified atom stereocenters. The number of hydrogen-bond acceptors (Lipinski definition) is 5. The van der Waals surface area contributed by atoms with Gasteiger partial charge in [0.2, 0.25) is 0 Å². The van der Waals surface area contributed by atoms with Gasteiger partial charge in [-0.1, -0.05) is 25.5 Å². The van der Waals surface area contributed by atoms with Gasteiger partial charge in [0.25, 0.3) is 0 Å². The molecule has 8 atom stereocenters. The maximum Gasteiger partial charge on any atom is 0.302 e. The molecule has 0 saturated heterocycles. The fourth-order valence-electron chi connectivity index (χ4n) is 8.32. The van der Waals surface area contributed by atoms with Gasteiger partial charge in [-0.05, 0) is 80.5 Å². The zero-order valence-electron chi connectivity index (χ0n) is 19.5. The lowest BCUT2D eigenvalue weighted by atomic mass is 9.47. The van der Waals surface area contributed by atoms with Gasteiger partial charge in [0, 0.05) is 31.2 Å². The molecule has 0 bridgehead atoms. The number of esters is 1. The van der Waals surface area contributed by atoms with Crippen LogP contribution in [0.5, 0.6) is 0 Å². The van der Waals surface area contributed by atoms with E-state index in [0.29, 0.717) is 11.3 Å². The van der Waals surface area contributed by atoms with Crippen molar-refractivity contribution in [2.24, 2.45) is 34.5 Å². The van der Waals surface area contributed by atoms with Gasteiger partial charge in [-0.3, -0.25) is 9.59 Å². The van der Waals surface area contributed by atoms with Crippen molar-refractivity contribution in [3.8, 4) is 0 Å². The lowest BCUT2D eigenvalue weighted by molar-refractivity contribution is -0.148. The van der Waals surface area contributed by atoms with Gasteiger partial charge in [0.1, 0.15) is 6.10 Å². The second-order valence-electron chi connectivity index (χ2n) is 11.4. The Morgan fingerprint density at radius 1 is 1.06 bits per heavy atom. The quantitative estimate of drug-likeness (QED) is 0.516. The van der Waals surface area contributed by atoms with E-state index in [1.54, 1.807) is 12.5 Å². The fraction of sp³-hybridized carbons (Fsp3) is 0.769. The van der Waals surface area contributed by atoms with Gasteiger partial charge in [-0.2, -0.15) is 0 Å². The summed E-state index contributed by atoms with van der Waals surface area (Å²) in [4.78, 5) is 23.3. The third-order valence-electron chi connectivity index (χ3n) is 9.89. The SMILES string of the molecule is CC(=O)O[C@H]1CC[C@@]2(C)C(=CC[C@H]3[C@@H]4CC[C@H](C5=CNC(C(C)=O)N5)[C@@]4(C)CC[C@@H]32)C1. The molecular formula is C26H38N2O3. The first-order valence-corrected chi connectivity index (χ1v) is 12.3. The van der Waals surface area contributed by atoms with Gasteiger partial charge in [-0.25, -0.2) is 0 Å². The molecule has 0 amide bonds. The molecule has 1 heterocycles. The first-order chi connectivity index (χ1) is 14.7. The lowest BCUT2D eigenvalue weighted by Gasteiger charge is -2.58. The average molecular weight is 427 g/mol. The van der Waals surface area contributed by atoms with Crippen LogP contribution in [0, 0.1) is 34.5 Å². The fourth-order valence-corrected chi connectivity index (χ4v) is 8.32. The van der Waals surface area contributed by atoms with Crippen LogP contribution in [-0.4, -0.2) is 24.0 Å². The molecule has 0 aromatic carbocycles.